The number of hydrogen-bond donors (Lipinski definition) is 3. The van der Waals surface area contributed by atoms with Gasteiger partial charge in [-0.05, 0) is 31.2 Å². The van der Waals surface area contributed by atoms with Crippen molar-refractivity contribution in [2.75, 3.05) is 11.9 Å². The molecule has 0 heterocycles. The van der Waals surface area contributed by atoms with E-state index in [-0.39, 0.29) is 17.4 Å². The fourth-order valence-corrected chi connectivity index (χ4v) is 2.53. The summed E-state index contributed by atoms with van der Waals surface area (Å²) in [6.45, 7) is 2.65. The number of benzene rings is 1. The fourth-order valence-electron chi connectivity index (χ4n) is 1.29. The molecule has 0 radical (unpaired) electrons. The van der Waals surface area contributed by atoms with Crippen molar-refractivity contribution in [2.45, 2.75) is 24.8 Å². The molecule has 1 atom stereocenters. The van der Waals surface area contributed by atoms with Crippen LogP contribution < -0.4 is 10.0 Å². The minimum absolute atomic E-state index is 0.0805. The Balaban J connectivity index is 2.87. The second kappa shape index (κ2) is 5.94. The second-order valence-corrected chi connectivity index (χ2v) is 5.62. The highest BCUT2D eigenvalue weighted by atomic mass is 32.2. The highest BCUT2D eigenvalue weighted by molar-refractivity contribution is 7.89. The van der Waals surface area contributed by atoms with Gasteiger partial charge in [0, 0.05) is 18.7 Å². The summed E-state index contributed by atoms with van der Waals surface area (Å²) >= 11 is 0. The van der Waals surface area contributed by atoms with Gasteiger partial charge in [0.15, 0.2) is 0 Å². The molecule has 1 aromatic carbocycles. The van der Waals surface area contributed by atoms with Crippen LogP contribution in [0.25, 0.3) is 0 Å². The Hall–Kier alpha value is -1.44. The monoisotopic (exact) mass is 272 g/mol. The van der Waals surface area contributed by atoms with E-state index >= 15 is 0 Å². The first-order valence-corrected chi connectivity index (χ1v) is 6.84. The van der Waals surface area contributed by atoms with E-state index in [0.29, 0.717) is 5.69 Å². The highest BCUT2D eigenvalue weighted by Crippen LogP contribution is 2.14. The van der Waals surface area contributed by atoms with Crippen molar-refractivity contribution in [1.29, 1.82) is 0 Å². The first-order chi connectivity index (χ1) is 8.35. The van der Waals surface area contributed by atoms with Crippen LogP contribution in [0.15, 0.2) is 29.2 Å². The van der Waals surface area contributed by atoms with Gasteiger partial charge in [-0.25, -0.2) is 13.1 Å². The number of amides is 1. The van der Waals surface area contributed by atoms with Gasteiger partial charge in [0.2, 0.25) is 15.9 Å². The summed E-state index contributed by atoms with van der Waals surface area (Å²) in [4.78, 5) is 10.9. The van der Waals surface area contributed by atoms with Crippen LogP contribution in [0.4, 0.5) is 5.69 Å². The molecule has 6 nitrogen and oxygen atoms in total. The van der Waals surface area contributed by atoms with Crippen LogP contribution in [0.5, 0.6) is 0 Å². The smallest absolute Gasteiger partial charge is 0.240 e. The van der Waals surface area contributed by atoms with E-state index in [1.54, 1.807) is 6.92 Å². The third kappa shape index (κ3) is 4.10. The zero-order chi connectivity index (χ0) is 13.8. The van der Waals surface area contributed by atoms with Gasteiger partial charge in [-0.15, -0.1) is 0 Å². The van der Waals surface area contributed by atoms with E-state index in [1.807, 2.05) is 0 Å². The zero-order valence-electron chi connectivity index (χ0n) is 10.2. The number of carbonyl (C=O) groups is 1. The molecule has 1 rings (SSSR count). The SMILES string of the molecule is CC(=O)Nc1ccc(S(=O)(=O)N[C@H](C)CO)cc1. The summed E-state index contributed by atoms with van der Waals surface area (Å²) in [5, 5.41) is 11.4. The van der Waals surface area contributed by atoms with Crippen LogP contribution in [-0.2, 0) is 14.8 Å². The standard InChI is InChI=1S/C11H16N2O4S/c1-8(7-14)13-18(16,17)11-5-3-10(4-6-11)12-9(2)15/h3-6,8,13-14H,7H2,1-2H3,(H,12,15)/t8-/m1/s1. The molecule has 0 spiro atoms. The largest absolute Gasteiger partial charge is 0.395 e. The summed E-state index contributed by atoms with van der Waals surface area (Å²) < 4.78 is 26.0. The van der Waals surface area contributed by atoms with Gasteiger partial charge in [0.1, 0.15) is 0 Å². The maximum Gasteiger partial charge on any atom is 0.240 e. The van der Waals surface area contributed by atoms with Crippen molar-refractivity contribution in [1.82, 2.24) is 4.72 Å². The van der Waals surface area contributed by atoms with Gasteiger partial charge in [-0.2, -0.15) is 0 Å². The summed E-state index contributed by atoms with van der Waals surface area (Å²) in [6, 6.07) is 5.22. The molecule has 0 fully saturated rings. The van der Waals surface area contributed by atoms with Gasteiger partial charge in [-0.3, -0.25) is 4.79 Å². The maximum absolute atomic E-state index is 11.8. The van der Waals surface area contributed by atoms with Gasteiger partial charge in [0.25, 0.3) is 0 Å². The molecule has 0 aliphatic rings. The van der Waals surface area contributed by atoms with Crippen molar-refractivity contribution in [3.05, 3.63) is 24.3 Å². The Labute approximate surface area is 106 Å². The van der Waals surface area contributed by atoms with Gasteiger partial charge in [-0.1, -0.05) is 0 Å². The number of sulfonamides is 1. The highest BCUT2D eigenvalue weighted by Gasteiger charge is 2.16. The Morgan fingerprint density at radius 1 is 1.33 bits per heavy atom. The second-order valence-electron chi connectivity index (χ2n) is 3.91. The predicted octanol–water partition coefficient (Wildman–Crippen LogP) is 0.304. The molecular weight excluding hydrogens is 256 g/mol. The lowest BCUT2D eigenvalue weighted by Gasteiger charge is -2.11. The van der Waals surface area contributed by atoms with Gasteiger partial charge in [0.05, 0.1) is 11.5 Å². The number of aliphatic hydroxyl groups is 1. The fraction of sp³-hybridized carbons (Fsp3) is 0.364. The van der Waals surface area contributed by atoms with Gasteiger partial charge < -0.3 is 10.4 Å². The third-order valence-electron chi connectivity index (χ3n) is 2.12. The molecule has 100 valence electrons. The van der Waals surface area contributed by atoms with Crippen molar-refractivity contribution in [3.63, 3.8) is 0 Å². The lowest BCUT2D eigenvalue weighted by Crippen LogP contribution is -2.34. The molecule has 0 aliphatic carbocycles. The number of nitrogens with one attached hydrogen (secondary N) is 2. The average molecular weight is 272 g/mol. The molecule has 0 aromatic heterocycles. The predicted molar refractivity (Wildman–Crippen MR) is 67.6 cm³/mol. The molecule has 0 aliphatic heterocycles. The number of hydrogen-bond acceptors (Lipinski definition) is 4. The number of carbonyl (C=O) groups excluding carboxylic acids is 1. The third-order valence-corrected chi connectivity index (χ3v) is 3.72. The normalized spacial score (nSPS) is 13.1. The lowest BCUT2D eigenvalue weighted by molar-refractivity contribution is -0.114. The molecule has 0 unspecified atom stereocenters. The Bertz CT molecular complexity index is 510. The summed E-state index contributed by atoms with van der Waals surface area (Å²) in [7, 11) is -3.64. The molecule has 0 saturated heterocycles. The van der Waals surface area contributed by atoms with E-state index in [9.17, 15) is 13.2 Å². The summed E-state index contributed by atoms with van der Waals surface area (Å²) in [5.41, 5.74) is 0.525. The Morgan fingerprint density at radius 3 is 2.33 bits per heavy atom. The topological polar surface area (TPSA) is 95.5 Å². The van der Waals surface area contributed by atoms with E-state index in [1.165, 1.54) is 31.2 Å². The van der Waals surface area contributed by atoms with Crippen LogP contribution in [-0.4, -0.2) is 32.1 Å². The van der Waals surface area contributed by atoms with E-state index in [0.717, 1.165) is 0 Å². The van der Waals surface area contributed by atoms with Crippen LogP contribution in [0.2, 0.25) is 0 Å². The quantitative estimate of drug-likeness (QED) is 0.718. The van der Waals surface area contributed by atoms with Crippen molar-refractivity contribution in [2.24, 2.45) is 0 Å². The first kappa shape index (κ1) is 14.6. The van der Waals surface area contributed by atoms with Crippen molar-refractivity contribution < 1.29 is 18.3 Å². The van der Waals surface area contributed by atoms with E-state index in [4.69, 9.17) is 5.11 Å². The number of anilines is 1. The zero-order valence-corrected chi connectivity index (χ0v) is 11.0. The number of aliphatic hydroxyl groups excluding tert-OH is 1. The molecule has 7 heteroatoms. The van der Waals surface area contributed by atoms with E-state index in [2.05, 4.69) is 10.0 Å². The molecule has 0 bridgehead atoms. The van der Waals surface area contributed by atoms with Crippen LogP contribution >= 0.6 is 0 Å². The van der Waals surface area contributed by atoms with Crippen LogP contribution in [0.1, 0.15) is 13.8 Å². The van der Waals surface area contributed by atoms with Gasteiger partial charge >= 0.3 is 0 Å². The maximum atomic E-state index is 11.8. The molecule has 1 amide bonds. The van der Waals surface area contributed by atoms with Crippen molar-refractivity contribution >= 4 is 21.6 Å². The molecule has 1 aromatic rings. The average Bonchev–Trinajstić information content (AvgIpc) is 2.28. The number of rotatable bonds is 5. The lowest BCUT2D eigenvalue weighted by atomic mass is 10.3. The van der Waals surface area contributed by atoms with Crippen molar-refractivity contribution in [3.8, 4) is 0 Å². The minimum atomic E-state index is -3.64. The Kier molecular flexibility index (Phi) is 4.83. The Morgan fingerprint density at radius 2 is 1.89 bits per heavy atom. The van der Waals surface area contributed by atoms with Crippen LogP contribution in [0.3, 0.4) is 0 Å². The molecule has 3 N–H and O–H groups in total. The minimum Gasteiger partial charge on any atom is -0.395 e. The summed E-state index contributed by atoms with van der Waals surface area (Å²) in [6.07, 6.45) is 0. The first-order valence-electron chi connectivity index (χ1n) is 5.36. The van der Waals surface area contributed by atoms with Crippen LogP contribution in [0, 0.1) is 0 Å². The summed E-state index contributed by atoms with van der Waals surface area (Å²) in [5.74, 6) is -0.224. The molecule has 0 saturated carbocycles. The molecule has 18 heavy (non-hydrogen) atoms. The molecular formula is C11H16N2O4S. The van der Waals surface area contributed by atoms with E-state index < -0.39 is 16.1 Å².